The molecular weight excluding hydrogens is 306 g/mol. The highest BCUT2D eigenvalue weighted by Gasteiger charge is 2.44. The normalized spacial score (nSPS) is 18.7. The zero-order valence-electron chi connectivity index (χ0n) is 13.4. The molecule has 2 aromatic rings. The number of aliphatic hydroxyl groups is 1. The molecular formula is C19H23NO2S. The standard InChI is InChI=1S/C19H23NO2S/c1-18(22,16-8-11-23-13-16)14-20-17(21)19(9-5-10-19)12-15-6-3-2-4-7-15/h2-4,6-8,11,13,22H,5,9-10,12,14H2,1H3,(H,20,21). The molecule has 1 aliphatic rings. The van der Waals surface area contributed by atoms with Crippen molar-refractivity contribution in [2.45, 2.75) is 38.2 Å². The fourth-order valence-corrected chi connectivity index (χ4v) is 3.97. The monoisotopic (exact) mass is 329 g/mol. The van der Waals surface area contributed by atoms with Gasteiger partial charge < -0.3 is 10.4 Å². The Bertz CT molecular complexity index is 645. The highest BCUT2D eigenvalue weighted by molar-refractivity contribution is 7.08. The highest BCUT2D eigenvalue weighted by Crippen LogP contribution is 2.44. The molecule has 1 fully saturated rings. The Morgan fingerprint density at radius 2 is 2.04 bits per heavy atom. The summed E-state index contributed by atoms with van der Waals surface area (Å²) in [6.45, 7) is 2.00. The minimum Gasteiger partial charge on any atom is -0.384 e. The quantitative estimate of drug-likeness (QED) is 0.852. The Balaban J connectivity index is 1.64. The fraction of sp³-hybridized carbons (Fsp3) is 0.421. The lowest BCUT2D eigenvalue weighted by molar-refractivity contribution is -0.137. The Labute approximate surface area is 141 Å². The number of rotatable bonds is 6. The predicted molar refractivity (Wildman–Crippen MR) is 93.3 cm³/mol. The lowest BCUT2D eigenvalue weighted by atomic mass is 9.64. The summed E-state index contributed by atoms with van der Waals surface area (Å²) in [5.41, 5.74) is 0.736. The molecule has 1 aromatic carbocycles. The van der Waals surface area contributed by atoms with Crippen LogP contribution in [0.2, 0.25) is 0 Å². The third-order valence-electron chi connectivity index (χ3n) is 4.91. The number of carbonyl (C=O) groups is 1. The molecule has 1 amide bonds. The Hall–Kier alpha value is -1.65. The first-order valence-corrected chi connectivity index (χ1v) is 9.03. The lowest BCUT2D eigenvalue weighted by Gasteiger charge is -2.41. The Morgan fingerprint density at radius 1 is 1.30 bits per heavy atom. The Morgan fingerprint density at radius 3 is 2.61 bits per heavy atom. The summed E-state index contributed by atoms with van der Waals surface area (Å²) in [6, 6.07) is 12.1. The Kier molecular flexibility index (Phi) is 4.55. The SMILES string of the molecule is CC(O)(CNC(=O)C1(Cc2ccccc2)CCC1)c1ccsc1. The van der Waals surface area contributed by atoms with Crippen molar-refractivity contribution < 1.29 is 9.90 Å². The van der Waals surface area contributed by atoms with Crippen LogP contribution in [-0.2, 0) is 16.8 Å². The van der Waals surface area contributed by atoms with E-state index in [0.717, 1.165) is 31.2 Å². The third kappa shape index (κ3) is 3.48. The summed E-state index contributed by atoms with van der Waals surface area (Å²) in [7, 11) is 0. The van der Waals surface area contributed by atoms with Crippen LogP contribution in [0, 0.1) is 5.41 Å². The van der Waals surface area contributed by atoms with Crippen LogP contribution in [0.5, 0.6) is 0 Å². The van der Waals surface area contributed by atoms with Crippen molar-refractivity contribution in [3.8, 4) is 0 Å². The lowest BCUT2D eigenvalue weighted by Crippen LogP contribution is -2.50. The van der Waals surface area contributed by atoms with Crippen LogP contribution >= 0.6 is 11.3 Å². The number of nitrogens with one attached hydrogen (secondary N) is 1. The van der Waals surface area contributed by atoms with Gasteiger partial charge in [-0.2, -0.15) is 11.3 Å². The van der Waals surface area contributed by atoms with Gasteiger partial charge in [0.1, 0.15) is 5.60 Å². The molecule has 1 saturated carbocycles. The van der Waals surface area contributed by atoms with Crippen LogP contribution in [0.15, 0.2) is 47.2 Å². The second-order valence-electron chi connectivity index (χ2n) is 6.76. The van der Waals surface area contributed by atoms with E-state index in [1.807, 2.05) is 35.0 Å². The van der Waals surface area contributed by atoms with Crippen molar-refractivity contribution in [1.29, 1.82) is 0 Å². The molecule has 1 aliphatic carbocycles. The van der Waals surface area contributed by atoms with Gasteiger partial charge in [0.05, 0.1) is 12.0 Å². The largest absolute Gasteiger partial charge is 0.384 e. The molecule has 0 radical (unpaired) electrons. The minimum atomic E-state index is -1.02. The fourth-order valence-electron chi connectivity index (χ4n) is 3.19. The van der Waals surface area contributed by atoms with Crippen LogP contribution < -0.4 is 5.32 Å². The van der Waals surface area contributed by atoms with E-state index in [-0.39, 0.29) is 17.9 Å². The van der Waals surface area contributed by atoms with E-state index < -0.39 is 5.60 Å². The molecule has 1 aromatic heterocycles. The van der Waals surface area contributed by atoms with Gasteiger partial charge in [-0.1, -0.05) is 36.8 Å². The zero-order valence-corrected chi connectivity index (χ0v) is 14.2. The average Bonchev–Trinajstić information content (AvgIpc) is 3.05. The highest BCUT2D eigenvalue weighted by atomic mass is 32.1. The summed E-state index contributed by atoms with van der Waals surface area (Å²) >= 11 is 1.55. The molecule has 0 saturated heterocycles. The molecule has 1 heterocycles. The maximum Gasteiger partial charge on any atom is 0.226 e. The van der Waals surface area contributed by atoms with E-state index in [1.165, 1.54) is 5.56 Å². The molecule has 23 heavy (non-hydrogen) atoms. The van der Waals surface area contributed by atoms with Gasteiger partial charge in [0.25, 0.3) is 0 Å². The van der Waals surface area contributed by atoms with E-state index in [0.29, 0.717) is 0 Å². The summed E-state index contributed by atoms with van der Waals surface area (Å²) in [6.07, 6.45) is 3.73. The van der Waals surface area contributed by atoms with Crippen molar-refractivity contribution in [2.24, 2.45) is 5.41 Å². The van der Waals surface area contributed by atoms with Crippen molar-refractivity contribution >= 4 is 17.2 Å². The summed E-state index contributed by atoms with van der Waals surface area (Å²) in [5.74, 6) is 0.0723. The van der Waals surface area contributed by atoms with Crippen molar-refractivity contribution in [1.82, 2.24) is 5.32 Å². The topological polar surface area (TPSA) is 49.3 Å². The van der Waals surface area contributed by atoms with Crippen LogP contribution in [0.4, 0.5) is 0 Å². The smallest absolute Gasteiger partial charge is 0.226 e. The van der Waals surface area contributed by atoms with E-state index in [1.54, 1.807) is 18.3 Å². The first kappa shape index (κ1) is 16.2. The van der Waals surface area contributed by atoms with E-state index in [9.17, 15) is 9.90 Å². The van der Waals surface area contributed by atoms with Gasteiger partial charge in [0.2, 0.25) is 5.91 Å². The second kappa shape index (κ2) is 6.46. The third-order valence-corrected chi connectivity index (χ3v) is 5.60. The van der Waals surface area contributed by atoms with E-state index in [4.69, 9.17) is 0 Å². The van der Waals surface area contributed by atoms with Gasteiger partial charge >= 0.3 is 0 Å². The number of amides is 1. The molecule has 4 heteroatoms. The molecule has 0 aliphatic heterocycles. The summed E-state index contributed by atoms with van der Waals surface area (Å²) in [5, 5.41) is 17.4. The van der Waals surface area contributed by atoms with E-state index >= 15 is 0 Å². The van der Waals surface area contributed by atoms with Gasteiger partial charge in [-0.3, -0.25) is 4.79 Å². The maximum absolute atomic E-state index is 12.7. The summed E-state index contributed by atoms with van der Waals surface area (Å²) in [4.78, 5) is 12.7. The molecule has 0 spiro atoms. The summed E-state index contributed by atoms with van der Waals surface area (Å²) < 4.78 is 0. The number of carbonyl (C=O) groups excluding carboxylic acids is 1. The second-order valence-corrected chi connectivity index (χ2v) is 7.54. The van der Waals surface area contributed by atoms with Gasteiger partial charge in [0.15, 0.2) is 0 Å². The minimum absolute atomic E-state index is 0.0723. The van der Waals surface area contributed by atoms with Crippen molar-refractivity contribution in [3.63, 3.8) is 0 Å². The van der Waals surface area contributed by atoms with Crippen molar-refractivity contribution in [3.05, 3.63) is 58.3 Å². The number of hydrogen-bond acceptors (Lipinski definition) is 3. The van der Waals surface area contributed by atoms with Crippen molar-refractivity contribution in [2.75, 3.05) is 6.54 Å². The van der Waals surface area contributed by atoms with Gasteiger partial charge in [0, 0.05) is 0 Å². The van der Waals surface area contributed by atoms with Gasteiger partial charge in [-0.05, 0) is 54.1 Å². The predicted octanol–water partition coefficient (Wildman–Crippen LogP) is 3.48. The first-order valence-electron chi connectivity index (χ1n) is 8.09. The van der Waals surface area contributed by atoms with Crippen LogP contribution in [0.1, 0.15) is 37.3 Å². The number of benzene rings is 1. The molecule has 2 N–H and O–H groups in total. The molecule has 122 valence electrons. The first-order chi connectivity index (χ1) is 11.0. The average molecular weight is 329 g/mol. The zero-order chi connectivity index (χ0) is 16.3. The van der Waals surface area contributed by atoms with Gasteiger partial charge in [-0.25, -0.2) is 0 Å². The number of hydrogen-bond donors (Lipinski definition) is 2. The molecule has 1 unspecified atom stereocenters. The number of thiophene rings is 1. The van der Waals surface area contributed by atoms with E-state index in [2.05, 4.69) is 17.4 Å². The molecule has 1 atom stereocenters. The van der Waals surface area contributed by atoms with Crippen LogP contribution in [0.3, 0.4) is 0 Å². The molecule has 0 bridgehead atoms. The maximum atomic E-state index is 12.7. The van der Waals surface area contributed by atoms with Crippen LogP contribution in [-0.4, -0.2) is 17.6 Å². The molecule has 3 rings (SSSR count). The molecule has 3 nitrogen and oxygen atoms in total. The van der Waals surface area contributed by atoms with Crippen LogP contribution in [0.25, 0.3) is 0 Å². The van der Waals surface area contributed by atoms with Gasteiger partial charge in [-0.15, -0.1) is 0 Å².